The molecule has 1 aliphatic heterocycles. The Hall–Kier alpha value is -1.93. The van der Waals surface area contributed by atoms with E-state index in [0.29, 0.717) is 23.2 Å². The van der Waals surface area contributed by atoms with Gasteiger partial charge in [-0.15, -0.1) is 11.3 Å². The molecule has 8 heteroatoms. The molecule has 23 heavy (non-hydrogen) atoms. The summed E-state index contributed by atoms with van der Waals surface area (Å²) in [6, 6.07) is 0. The van der Waals surface area contributed by atoms with Crippen molar-refractivity contribution in [3.8, 4) is 0 Å². The van der Waals surface area contributed by atoms with Crippen LogP contribution >= 0.6 is 11.3 Å². The average Bonchev–Trinajstić information content (AvgIpc) is 2.86. The largest absolute Gasteiger partial charge is 0.468 e. The van der Waals surface area contributed by atoms with Crippen LogP contribution in [0.15, 0.2) is 9.59 Å². The van der Waals surface area contributed by atoms with E-state index in [4.69, 9.17) is 4.74 Å². The van der Waals surface area contributed by atoms with E-state index >= 15 is 0 Å². The third kappa shape index (κ3) is 2.51. The lowest BCUT2D eigenvalue weighted by Crippen LogP contribution is -2.41. The number of aromatic nitrogens is 2. The summed E-state index contributed by atoms with van der Waals surface area (Å²) in [5, 5.41) is 0.507. The van der Waals surface area contributed by atoms with Crippen LogP contribution in [0.2, 0.25) is 0 Å². The lowest BCUT2D eigenvalue weighted by Gasteiger charge is -2.29. The Bertz CT molecular complexity index is 919. The number of methoxy groups -OCH3 is 1. The maximum atomic E-state index is 12.8. The number of hydrogen-bond acceptors (Lipinski definition) is 6. The number of thiophene rings is 1. The van der Waals surface area contributed by atoms with Crippen LogP contribution < -0.4 is 11.2 Å². The molecule has 0 spiro atoms. The topological polar surface area (TPSA) is 79.5 Å². The molecule has 7 nitrogen and oxygen atoms in total. The Kier molecular flexibility index (Phi) is 3.68. The zero-order chi connectivity index (χ0) is 16.9. The molecule has 0 radical (unpaired) electrons. The molecule has 0 unspecified atom stereocenters. The van der Waals surface area contributed by atoms with Crippen molar-refractivity contribution in [3.63, 3.8) is 0 Å². The van der Waals surface area contributed by atoms with Gasteiger partial charge < -0.3 is 9.47 Å². The summed E-state index contributed by atoms with van der Waals surface area (Å²) in [4.78, 5) is 38.3. The fraction of sp³-hybridized carbons (Fsp3) is 0.533. The van der Waals surface area contributed by atoms with Gasteiger partial charge >= 0.3 is 11.7 Å². The van der Waals surface area contributed by atoms with Gasteiger partial charge in [0.05, 0.1) is 24.7 Å². The van der Waals surface area contributed by atoms with E-state index in [9.17, 15) is 14.4 Å². The quantitative estimate of drug-likeness (QED) is 0.756. The lowest BCUT2D eigenvalue weighted by atomic mass is 9.94. The summed E-state index contributed by atoms with van der Waals surface area (Å²) in [7, 11) is 2.83. The number of nitrogens with zero attached hydrogens (tertiary/aromatic N) is 2. The summed E-state index contributed by atoms with van der Waals surface area (Å²) in [6.45, 7) is 3.97. The molecular weight excluding hydrogens is 320 g/mol. The van der Waals surface area contributed by atoms with Gasteiger partial charge in [-0.2, -0.15) is 0 Å². The Morgan fingerprint density at radius 3 is 2.74 bits per heavy atom. The minimum atomic E-state index is -0.628. The summed E-state index contributed by atoms with van der Waals surface area (Å²) >= 11 is 1.40. The molecule has 0 saturated carbocycles. The first-order chi connectivity index (χ1) is 10.7. The smallest absolute Gasteiger partial charge is 0.332 e. The second-order valence-electron chi connectivity index (χ2n) is 6.22. The van der Waals surface area contributed by atoms with Crippen LogP contribution in [0, 0.1) is 0 Å². The predicted molar refractivity (Wildman–Crippen MR) is 85.9 cm³/mol. The predicted octanol–water partition coefficient (Wildman–Crippen LogP) is 0.786. The molecular formula is C15H18N2O5S. The highest BCUT2D eigenvalue weighted by Crippen LogP contribution is 2.36. The highest BCUT2D eigenvalue weighted by Gasteiger charge is 2.31. The number of hydrogen-bond donors (Lipinski definition) is 0. The van der Waals surface area contributed by atoms with E-state index in [-0.39, 0.29) is 12.1 Å². The number of carbonyl (C=O) groups excluding carboxylic acids is 1. The molecule has 2 aromatic heterocycles. The summed E-state index contributed by atoms with van der Waals surface area (Å²) < 4.78 is 12.7. The van der Waals surface area contributed by atoms with Gasteiger partial charge in [-0.05, 0) is 19.4 Å². The standard InChI is InChI=1S/C15H18N2O5S/c1-15(2)5-8-9(7-22-15)23-13-11(8)12(19)17(6-10(18)21-4)14(20)16(13)3/h5-7H2,1-4H3. The van der Waals surface area contributed by atoms with Crippen LogP contribution in [0.3, 0.4) is 0 Å². The van der Waals surface area contributed by atoms with Crippen molar-refractivity contribution in [1.82, 2.24) is 9.13 Å². The Balaban J connectivity index is 2.31. The summed E-state index contributed by atoms with van der Waals surface area (Å²) in [6.07, 6.45) is 0.591. The highest BCUT2D eigenvalue weighted by atomic mass is 32.1. The van der Waals surface area contributed by atoms with Gasteiger partial charge in [0.2, 0.25) is 0 Å². The van der Waals surface area contributed by atoms with Crippen LogP contribution in [0.5, 0.6) is 0 Å². The molecule has 0 fully saturated rings. The van der Waals surface area contributed by atoms with E-state index in [1.807, 2.05) is 13.8 Å². The fourth-order valence-corrected chi connectivity index (χ4v) is 3.99. The van der Waals surface area contributed by atoms with Gasteiger partial charge in [0.1, 0.15) is 11.4 Å². The molecule has 0 bridgehead atoms. The Morgan fingerprint density at radius 1 is 1.39 bits per heavy atom. The van der Waals surface area contributed by atoms with Crippen molar-refractivity contribution in [2.24, 2.45) is 7.05 Å². The van der Waals surface area contributed by atoms with E-state index < -0.39 is 17.2 Å². The van der Waals surface area contributed by atoms with Crippen LogP contribution in [-0.2, 0) is 40.9 Å². The molecule has 0 atom stereocenters. The first-order valence-corrected chi connectivity index (χ1v) is 8.01. The van der Waals surface area contributed by atoms with Crippen molar-refractivity contribution in [2.75, 3.05) is 7.11 Å². The molecule has 0 saturated heterocycles. The zero-order valence-electron chi connectivity index (χ0n) is 13.5. The Morgan fingerprint density at radius 2 is 2.09 bits per heavy atom. The van der Waals surface area contributed by atoms with Crippen LogP contribution in [0.1, 0.15) is 24.3 Å². The van der Waals surface area contributed by atoms with Gasteiger partial charge in [0.25, 0.3) is 5.56 Å². The van der Waals surface area contributed by atoms with E-state index in [0.717, 1.165) is 15.0 Å². The Labute approximate surface area is 136 Å². The van der Waals surface area contributed by atoms with Crippen LogP contribution in [0.4, 0.5) is 0 Å². The highest BCUT2D eigenvalue weighted by molar-refractivity contribution is 7.18. The lowest BCUT2D eigenvalue weighted by molar-refractivity contribution is -0.141. The molecule has 3 heterocycles. The van der Waals surface area contributed by atoms with Crippen molar-refractivity contribution in [2.45, 2.75) is 39.0 Å². The number of ether oxygens (including phenoxy) is 2. The molecule has 2 aromatic rings. The van der Waals surface area contributed by atoms with Crippen LogP contribution in [-0.4, -0.2) is 27.8 Å². The van der Waals surface area contributed by atoms with Gasteiger partial charge in [-0.3, -0.25) is 14.2 Å². The van der Waals surface area contributed by atoms with E-state index in [1.165, 1.54) is 23.0 Å². The number of carbonyl (C=O) groups is 1. The van der Waals surface area contributed by atoms with Gasteiger partial charge in [-0.25, -0.2) is 9.36 Å². The number of rotatable bonds is 2. The van der Waals surface area contributed by atoms with Crippen LogP contribution in [0.25, 0.3) is 10.2 Å². The third-order valence-corrected chi connectivity index (χ3v) is 5.35. The first-order valence-electron chi connectivity index (χ1n) is 7.20. The molecule has 0 aliphatic carbocycles. The average molecular weight is 338 g/mol. The third-order valence-electron chi connectivity index (χ3n) is 4.06. The van der Waals surface area contributed by atoms with E-state index in [2.05, 4.69) is 4.74 Å². The van der Waals surface area contributed by atoms with Gasteiger partial charge in [-0.1, -0.05) is 0 Å². The number of aryl methyl sites for hydroxylation is 1. The maximum absolute atomic E-state index is 12.8. The molecule has 0 amide bonds. The fourth-order valence-electron chi connectivity index (χ4n) is 2.82. The normalized spacial score (nSPS) is 16.3. The minimum absolute atomic E-state index is 0.366. The van der Waals surface area contributed by atoms with Gasteiger partial charge in [0.15, 0.2) is 0 Å². The zero-order valence-corrected chi connectivity index (χ0v) is 14.3. The molecule has 0 aromatic carbocycles. The number of esters is 1. The SMILES string of the molecule is COC(=O)Cn1c(=O)c2c3c(sc2n(C)c1=O)COC(C)(C)C3. The maximum Gasteiger partial charge on any atom is 0.332 e. The van der Waals surface area contributed by atoms with Gasteiger partial charge in [0, 0.05) is 18.3 Å². The monoisotopic (exact) mass is 338 g/mol. The summed E-state index contributed by atoms with van der Waals surface area (Å²) in [5.41, 5.74) is -0.411. The first kappa shape index (κ1) is 15.9. The molecule has 124 valence electrons. The van der Waals surface area contributed by atoms with Crippen molar-refractivity contribution >= 4 is 27.5 Å². The molecule has 3 rings (SSSR count). The second kappa shape index (κ2) is 5.31. The second-order valence-corrected chi connectivity index (χ2v) is 7.30. The minimum Gasteiger partial charge on any atom is -0.468 e. The number of fused-ring (bicyclic) bond motifs is 3. The molecule has 1 aliphatic rings. The molecule has 0 N–H and O–H groups in total. The van der Waals surface area contributed by atoms with Crippen molar-refractivity contribution < 1.29 is 14.3 Å². The van der Waals surface area contributed by atoms with E-state index in [1.54, 1.807) is 7.05 Å². The van der Waals surface area contributed by atoms with Crippen molar-refractivity contribution in [1.29, 1.82) is 0 Å². The van der Waals surface area contributed by atoms with Crippen molar-refractivity contribution in [3.05, 3.63) is 31.3 Å². The summed E-state index contributed by atoms with van der Waals surface area (Å²) in [5.74, 6) is -0.628.